The van der Waals surface area contributed by atoms with Gasteiger partial charge in [0.15, 0.2) is 0 Å². The average Bonchev–Trinajstić information content (AvgIpc) is 2.29. The first-order valence-corrected chi connectivity index (χ1v) is 6.41. The van der Waals surface area contributed by atoms with Crippen LogP contribution in [0.1, 0.15) is 12.8 Å². The van der Waals surface area contributed by atoms with E-state index in [1.165, 1.54) is 18.2 Å². The molecule has 0 unspecified atom stereocenters. The predicted octanol–water partition coefficient (Wildman–Crippen LogP) is -0.130. The Hall–Kier alpha value is -1.68. The molecule has 0 heterocycles. The fourth-order valence-electron chi connectivity index (χ4n) is 1.11. The van der Waals surface area contributed by atoms with Crippen molar-refractivity contribution in [2.75, 3.05) is 5.32 Å². The number of carbonyl (C=O) groups is 2. The van der Waals surface area contributed by atoms with Crippen molar-refractivity contribution in [3.8, 4) is 5.75 Å². The van der Waals surface area contributed by atoms with E-state index in [1.807, 2.05) is 0 Å². The van der Waals surface area contributed by atoms with Gasteiger partial charge < -0.3 is 0 Å². The molecule has 0 fully saturated rings. The molecule has 0 spiro atoms. The minimum absolute atomic E-state index is 0.143. The Labute approximate surface area is 104 Å². The number of anilines is 1. The summed E-state index contributed by atoms with van der Waals surface area (Å²) in [6, 6.07) is 4.23. The quantitative estimate of drug-likeness (QED) is 0.519. The van der Waals surface area contributed by atoms with Gasteiger partial charge in [-0.15, -0.1) is 0 Å². The van der Waals surface area contributed by atoms with Crippen LogP contribution in [0.3, 0.4) is 0 Å². The van der Waals surface area contributed by atoms with Gasteiger partial charge >= 0.3 is 103 Å². The number of carbonyl (C=O) groups excluding carboxylic acids is 1. The number of carboxylic acid groups (broad SMARTS) is 1. The van der Waals surface area contributed by atoms with Crippen LogP contribution in [-0.2, 0) is 13.3 Å². The number of hydrogen-bond acceptors (Lipinski definition) is 4. The second kappa shape index (κ2) is 6.15. The van der Waals surface area contributed by atoms with Gasteiger partial charge in [-0.25, -0.2) is 0 Å². The molecule has 0 saturated heterocycles. The third-order valence-electron chi connectivity index (χ3n) is 1.93. The number of benzene rings is 1. The summed E-state index contributed by atoms with van der Waals surface area (Å²) in [5.41, 5.74) is 0.143. The Morgan fingerprint density at radius 3 is 2.59 bits per heavy atom. The summed E-state index contributed by atoms with van der Waals surface area (Å²) < 4.78 is 11.2. The van der Waals surface area contributed by atoms with Crippen LogP contribution >= 0.6 is 0 Å². The zero-order chi connectivity index (χ0) is 12.8. The van der Waals surface area contributed by atoms with E-state index >= 15 is 0 Å². The number of nitrogens with one attached hydrogen (secondary N) is 1. The Morgan fingerprint density at radius 2 is 2.00 bits per heavy atom. The second-order valence-electron chi connectivity index (χ2n) is 3.23. The molecule has 0 aliphatic carbocycles. The van der Waals surface area contributed by atoms with Gasteiger partial charge in [0.1, 0.15) is 0 Å². The van der Waals surface area contributed by atoms with Crippen molar-refractivity contribution in [3.05, 3.63) is 18.2 Å². The monoisotopic (exact) mass is 299 g/mol. The number of aromatic hydroxyl groups is 1. The van der Waals surface area contributed by atoms with E-state index in [2.05, 4.69) is 5.32 Å². The number of carboxylic acids is 1. The van der Waals surface area contributed by atoms with Crippen molar-refractivity contribution in [3.63, 3.8) is 0 Å². The number of hydrogen-bond donors (Lipinski definition) is 3. The van der Waals surface area contributed by atoms with Crippen molar-refractivity contribution < 1.29 is 23.5 Å². The van der Waals surface area contributed by atoms with E-state index in [4.69, 9.17) is 5.11 Å². The van der Waals surface area contributed by atoms with Gasteiger partial charge in [0.2, 0.25) is 0 Å². The van der Waals surface area contributed by atoms with Crippen LogP contribution in [0.15, 0.2) is 18.2 Å². The maximum atomic E-state index is 11.3. The maximum absolute atomic E-state index is 11.3. The fraction of sp³-hybridized carbons (Fsp3) is 0.200. The third-order valence-corrected chi connectivity index (χ3v) is 2.95. The van der Waals surface area contributed by atoms with Crippen LogP contribution in [0, 0.1) is 0 Å². The molecule has 7 heteroatoms. The van der Waals surface area contributed by atoms with Crippen molar-refractivity contribution in [2.45, 2.75) is 12.8 Å². The number of aliphatic carboxylic acids is 1. The first kappa shape index (κ1) is 13.4. The number of amides is 1. The molecule has 1 rings (SSSR count). The Bertz CT molecular complexity index is 460. The van der Waals surface area contributed by atoms with E-state index in [-0.39, 0.29) is 24.3 Å². The Kier molecular flexibility index (Phi) is 4.84. The molecule has 3 N–H and O–H groups in total. The third kappa shape index (κ3) is 4.36. The SMILES string of the molecule is O=[As]c1ccc(O)c(NC(=O)CCC(=O)O)c1. The molecular formula is C10H10AsNO5. The zero-order valence-corrected chi connectivity index (χ0v) is 10.6. The van der Waals surface area contributed by atoms with Gasteiger partial charge in [-0.3, -0.25) is 0 Å². The molecule has 0 atom stereocenters. The molecule has 6 nitrogen and oxygen atoms in total. The van der Waals surface area contributed by atoms with Crippen LogP contribution in [0.5, 0.6) is 5.75 Å². The second-order valence-corrected chi connectivity index (χ2v) is 4.70. The summed E-state index contributed by atoms with van der Waals surface area (Å²) in [7, 11) is 0. The normalized spacial score (nSPS) is 10.1. The molecule has 0 aromatic heterocycles. The molecule has 0 radical (unpaired) electrons. The summed E-state index contributed by atoms with van der Waals surface area (Å²) in [6.45, 7) is 0. The van der Waals surface area contributed by atoms with Gasteiger partial charge in [0.25, 0.3) is 0 Å². The van der Waals surface area contributed by atoms with Crippen molar-refractivity contribution in [2.24, 2.45) is 0 Å². The first-order valence-electron chi connectivity index (χ1n) is 4.71. The summed E-state index contributed by atoms with van der Waals surface area (Å²) in [5.74, 6) is -1.73. The molecule has 0 aliphatic heterocycles. The summed E-state index contributed by atoms with van der Waals surface area (Å²) in [5, 5.41) is 20.2. The van der Waals surface area contributed by atoms with Crippen LogP contribution < -0.4 is 9.67 Å². The van der Waals surface area contributed by atoms with Gasteiger partial charge in [-0.2, -0.15) is 0 Å². The molecule has 0 aliphatic rings. The topological polar surface area (TPSA) is 104 Å². The van der Waals surface area contributed by atoms with Crippen LogP contribution in [0.2, 0.25) is 0 Å². The molecule has 17 heavy (non-hydrogen) atoms. The number of phenols is 1. The standard InChI is InChI=1S/C10H10AsNO5/c13-8-2-1-6(11-17)5-7(8)12-9(14)3-4-10(15)16/h1-2,5,13H,3-4H2,(H,12,14)(H,15,16). The van der Waals surface area contributed by atoms with Crippen LogP contribution in [0.25, 0.3) is 0 Å². The predicted molar refractivity (Wildman–Crippen MR) is 59.7 cm³/mol. The average molecular weight is 299 g/mol. The molecule has 1 aromatic carbocycles. The van der Waals surface area contributed by atoms with Crippen molar-refractivity contribution in [1.29, 1.82) is 0 Å². The molecule has 1 amide bonds. The zero-order valence-electron chi connectivity index (χ0n) is 8.71. The van der Waals surface area contributed by atoms with Crippen LogP contribution in [-0.4, -0.2) is 37.8 Å². The molecule has 0 bridgehead atoms. The van der Waals surface area contributed by atoms with Gasteiger partial charge in [0.05, 0.1) is 0 Å². The Balaban J connectivity index is 2.70. The summed E-state index contributed by atoms with van der Waals surface area (Å²) in [6.07, 6.45) is -0.455. The van der Waals surface area contributed by atoms with E-state index in [9.17, 15) is 18.4 Å². The van der Waals surface area contributed by atoms with Gasteiger partial charge in [0, 0.05) is 0 Å². The minimum atomic E-state index is -1.24. The summed E-state index contributed by atoms with van der Waals surface area (Å²) in [4.78, 5) is 21.6. The van der Waals surface area contributed by atoms with Crippen molar-refractivity contribution >= 4 is 37.6 Å². The van der Waals surface area contributed by atoms with Crippen LogP contribution in [0.4, 0.5) is 5.69 Å². The van der Waals surface area contributed by atoms with E-state index in [0.29, 0.717) is 4.35 Å². The number of rotatable bonds is 5. The molecule has 90 valence electrons. The van der Waals surface area contributed by atoms with E-state index in [0.717, 1.165) is 0 Å². The Morgan fingerprint density at radius 1 is 1.29 bits per heavy atom. The van der Waals surface area contributed by atoms with E-state index < -0.39 is 27.6 Å². The number of phenolic OH excluding ortho intramolecular Hbond substituents is 1. The van der Waals surface area contributed by atoms with Crippen molar-refractivity contribution in [1.82, 2.24) is 0 Å². The molecule has 0 saturated carbocycles. The fourth-order valence-corrected chi connectivity index (χ4v) is 1.78. The van der Waals surface area contributed by atoms with Gasteiger partial charge in [-0.05, 0) is 0 Å². The molecule has 1 aromatic rings. The molecular weight excluding hydrogens is 289 g/mol. The van der Waals surface area contributed by atoms with E-state index in [1.54, 1.807) is 0 Å². The first-order chi connectivity index (χ1) is 8.02. The van der Waals surface area contributed by atoms with Gasteiger partial charge in [-0.1, -0.05) is 0 Å². The summed E-state index contributed by atoms with van der Waals surface area (Å²) >= 11 is -1.24.